The van der Waals surface area contributed by atoms with Crippen LogP contribution in [0.15, 0.2) is 48.5 Å². The standard InChI is InChI=1S/C28H37ClN4O4S/c1-4-37-27(36)25(30)28(2,3)38-19-24(34)31-23-11-7-21(8-12-23)26(35)33-17-15-32(16-18-33)14-13-20-5-9-22(29)10-6-20/h5-12,25H,4,13-19,30H2,1-3H3,(H,31,34). The lowest BCUT2D eigenvalue weighted by molar-refractivity contribution is -0.145. The molecule has 2 aromatic rings. The minimum absolute atomic E-state index is 0.00881. The largest absolute Gasteiger partial charge is 0.465 e. The molecule has 0 aliphatic carbocycles. The summed E-state index contributed by atoms with van der Waals surface area (Å²) in [4.78, 5) is 41.6. The van der Waals surface area contributed by atoms with Crippen LogP contribution in [0.2, 0.25) is 5.02 Å². The maximum absolute atomic E-state index is 13.0. The van der Waals surface area contributed by atoms with Gasteiger partial charge in [-0.2, -0.15) is 0 Å². The summed E-state index contributed by atoms with van der Waals surface area (Å²) in [5.41, 5.74) is 8.45. The Kier molecular flexibility index (Phi) is 11.0. The van der Waals surface area contributed by atoms with Gasteiger partial charge in [-0.05, 0) is 69.2 Å². The number of amides is 2. The highest BCUT2D eigenvalue weighted by Crippen LogP contribution is 2.28. The van der Waals surface area contributed by atoms with Crippen LogP contribution in [0.25, 0.3) is 0 Å². The Morgan fingerprint density at radius 3 is 2.29 bits per heavy atom. The first-order valence-corrected chi connectivity index (χ1v) is 14.2. The molecule has 1 fully saturated rings. The average molecular weight is 561 g/mol. The van der Waals surface area contributed by atoms with Crippen molar-refractivity contribution in [2.24, 2.45) is 5.73 Å². The molecule has 0 bridgehead atoms. The maximum Gasteiger partial charge on any atom is 0.324 e. The number of hydrogen-bond acceptors (Lipinski definition) is 7. The number of ether oxygens (including phenoxy) is 1. The van der Waals surface area contributed by atoms with Crippen molar-refractivity contribution in [3.05, 3.63) is 64.7 Å². The molecule has 2 amide bonds. The normalized spacial score (nSPS) is 15.1. The number of anilines is 1. The number of piperazine rings is 1. The molecule has 1 saturated heterocycles. The van der Waals surface area contributed by atoms with Crippen LogP contribution in [0, 0.1) is 0 Å². The number of thioether (sulfide) groups is 1. The minimum Gasteiger partial charge on any atom is -0.465 e. The van der Waals surface area contributed by atoms with Crippen LogP contribution < -0.4 is 11.1 Å². The van der Waals surface area contributed by atoms with Crippen molar-refractivity contribution in [3.63, 3.8) is 0 Å². The maximum atomic E-state index is 13.0. The van der Waals surface area contributed by atoms with Crippen LogP contribution in [0.3, 0.4) is 0 Å². The van der Waals surface area contributed by atoms with Gasteiger partial charge < -0.3 is 20.7 Å². The summed E-state index contributed by atoms with van der Waals surface area (Å²) in [7, 11) is 0. The molecule has 2 aromatic carbocycles. The van der Waals surface area contributed by atoms with Crippen molar-refractivity contribution in [2.75, 3.05) is 50.4 Å². The number of benzene rings is 2. The van der Waals surface area contributed by atoms with Gasteiger partial charge in [0.05, 0.1) is 12.4 Å². The van der Waals surface area contributed by atoms with Gasteiger partial charge >= 0.3 is 5.97 Å². The first-order valence-electron chi connectivity index (χ1n) is 12.8. The molecule has 0 spiro atoms. The monoisotopic (exact) mass is 560 g/mol. The summed E-state index contributed by atoms with van der Waals surface area (Å²) in [6.07, 6.45) is 0.951. The fourth-order valence-electron chi connectivity index (χ4n) is 4.05. The number of carbonyl (C=O) groups is 3. The van der Waals surface area contributed by atoms with E-state index < -0.39 is 16.8 Å². The Labute approximate surface area is 234 Å². The van der Waals surface area contributed by atoms with E-state index in [-0.39, 0.29) is 24.2 Å². The molecular weight excluding hydrogens is 524 g/mol. The van der Waals surface area contributed by atoms with Gasteiger partial charge in [0, 0.05) is 53.7 Å². The summed E-state index contributed by atoms with van der Waals surface area (Å²) in [5, 5.41) is 3.58. The lowest BCUT2D eigenvalue weighted by atomic mass is 10.1. The molecule has 8 nitrogen and oxygen atoms in total. The summed E-state index contributed by atoms with van der Waals surface area (Å²) >= 11 is 7.25. The first kappa shape index (κ1) is 30.0. The molecule has 38 heavy (non-hydrogen) atoms. The Balaban J connectivity index is 1.42. The van der Waals surface area contributed by atoms with Crippen LogP contribution in [0.5, 0.6) is 0 Å². The van der Waals surface area contributed by atoms with E-state index in [1.165, 1.54) is 17.3 Å². The van der Waals surface area contributed by atoms with Crippen molar-refractivity contribution in [2.45, 2.75) is 38.0 Å². The summed E-state index contributed by atoms with van der Waals surface area (Å²) in [6.45, 7) is 9.58. The van der Waals surface area contributed by atoms with Gasteiger partial charge in [-0.3, -0.25) is 19.3 Å². The lowest BCUT2D eigenvalue weighted by Crippen LogP contribution is -2.49. The van der Waals surface area contributed by atoms with Gasteiger partial charge in [0.25, 0.3) is 5.91 Å². The number of halogens is 1. The molecule has 0 saturated carbocycles. The van der Waals surface area contributed by atoms with Crippen LogP contribution in [0.4, 0.5) is 5.69 Å². The number of hydrogen-bond donors (Lipinski definition) is 2. The quantitative estimate of drug-likeness (QED) is 0.404. The summed E-state index contributed by atoms with van der Waals surface area (Å²) < 4.78 is 4.32. The van der Waals surface area contributed by atoms with E-state index in [9.17, 15) is 14.4 Å². The molecule has 0 radical (unpaired) electrons. The fraction of sp³-hybridized carbons (Fsp3) is 0.464. The number of esters is 1. The van der Waals surface area contributed by atoms with Crippen LogP contribution >= 0.6 is 23.4 Å². The second-order valence-corrected chi connectivity index (χ2v) is 11.8. The molecule has 206 valence electrons. The topological polar surface area (TPSA) is 105 Å². The zero-order valence-corrected chi connectivity index (χ0v) is 23.8. The summed E-state index contributed by atoms with van der Waals surface area (Å²) in [5.74, 6) is -0.577. The van der Waals surface area contributed by atoms with Crippen molar-refractivity contribution in [3.8, 4) is 0 Å². The molecule has 3 N–H and O–H groups in total. The van der Waals surface area contributed by atoms with Gasteiger partial charge in [-0.1, -0.05) is 23.7 Å². The van der Waals surface area contributed by atoms with Gasteiger partial charge in [-0.15, -0.1) is 11.8 Å². The molecule has 1 unspecified atom stereocenters. The van der Waals surface area contributed by atoms with Crippen LogP contribution in [-0.2, 0) is 20.7 Å². The Hall–Kier alpha value is -2.59. The predicted octanol–water partition coefficient (Wildman–Crippen LogP) is 3.68. The van der Waals surface area contributed by atoms with E-state index >= 15 is 0 Å². The highest BCUT2D eigenvalue weighted by atomic mass is 35.5. The van der Waals surface area contributed by atoms with Crippen LogP contribution in [-0.4, -0.2) is 83.5 Å². The first-order chi connectivity index (χ1) is 18.1. The molecule has 1 aliphatic heterocycles. The third kappa shape index (κ3) is 8.73. The van der Waals surface area contributed by atoms with Crippen LogP contribution in [0.1, 0.15) is 36.7 Å². The van der Waals surface area contributed by atoms with E-state index in [4.69, 9.17) is 22.1 Å². The van der Waals surface area contributed by atoms with E-state index in [0.29, 0.717) is 24.3 Å². The Morgan fingerprint density at radius 2 is 1.68 bits per heavy atom. The van der Waals surface area contributed by atoms with Crippen molar-refractivity contribution in [1.29, 1.82) is 0 Å². The van der Waals surface area contributed by atoms with Gasteiger partial charge in [-0.25, -0.2) is 0 Å². The zero-order valence-electron chi connectivity index (χ0n) is 22.2. The highest BCUT2D eigenvalue weighted by Gasteiger charge is 2.34. The van der Waals surface area contributed by atoms with Gasteiger partial charge in [0.15, 0.2) is 0 Å². The molecular formula is C28H37ClN4O4S. The number of rotatable bonds is 11. The molecule has 1 atom stereocenters. The van der Waals surface area contributed by atoms with Gasteiger partial charge in [0.1, 0.15) is 6.04 Å². The molecule has 10 heteroatoms. The smallest absolute Gasteiger partial charge is 0.324 e. The average Bonchev–Trinajstić information content (AvgIpc) is 2.91. The van der Waals surface area contributed by atoms with Gasteiger partial charge in [0.2, 0.25) is 5.91 Å². The molecule has 1 heterocycles. The summed E-state index contributed by atoms with van der Waals surface area (Å²) in [6, 6.07) is 14.0. The highest BCUT2D eigenvalue weighted by molar-refractivity contribution is 8.01. The molecule has 0 aromatic heterocycles. The molecule has 3 rings (SSSR count). The third-order valence-electron chi connectivity index (χ3n) is 6.57. The SMILES string of the molecule is CCOC(=O)C(N)C(C)(C)SCC(=O)Nc1ccc(C(=O)N2CCN(CCc3ccc(Cl)cc3)CC2)cc1. The Bertz CT molecular complexity index is 1090. The van der Waals surface area contributed by atoms with Crippen molar-refractivity contribution < 1.29 is 19.1 Å². The van der Waals surface area contributed by atoms with Crippen molar-refractivity contribution in [1.82, 2.24) is 9.80 Å². The van der Waals surface area contributed by atoms with E-state index in [1.54, 1.807) is 31.2 Å². The minimum atomic E-state index is -0.837. The number of nitrogens with zero attached hydrogens (tertiary/aromatic N) is 2. The number of nitrogens with one attached hydrogen (secondary N) is 1. The second kappa shape index (κ2) is 14.0. The van der Waals surface area contributed by atoms with E-state index in [2.05, 4.69) is 22.3 Å². The van der Waals surface area contributed by atoms with Crippen molar-refractivity contribution >= 4 is 46.8 Å². The number of carbonyl (C=O) groups excluding carboxylic acids is 3. The number of nitrogens with two attached hydrogens (primary N) is 1. The van der Waals surface area contributed by atoms with E-state index in [0.717, 1.165) is 31.1 Å². The zero-order chi connectivity index (χ0) is 27.7. The second-order valence-electron chi connectivity index (χ2n) is 9.76. The predicted molar refractivity (Wildman–Crippen MR) is 154 cm³/mol. The fourth-order valence-corrected chi connectivity index (χ4v) is 5.02. The third-order valence-corrected chi connectivity index (χ3v) is 8.23. The van der Waals surface area contributed by atoms with E-state index in [1.807, 2.05) is 30.9 Å². The molecule has 1 aliphatic rings. The lowest BCUT2D eigenvalue weighted by Gasteiger charge is -2.34. The Morgan fingerprint density at radius 1 is 1.05 bits per heavy atom.